The monoisotopic (exact) mass is 209 g/mol. The fourth-order valence-corrected chi connectivity index (χ4v) is 2.51. The van der Waals surface area contributed by atoms with Gasteiger partial charge in [0.1, 0.15) is 6.04 Å². The molecule has 2 aliphatic rings. The average Bonchev–Trinajstić information content (AvgIpc) is 2.94. The average molecular weight is 209 g/mol. The van der Waals surface area contributed by atoms with Crippen molar-refractivity contribution < 1.29 is 4.79 Å². The van der Waals surface area contributed by atoms with Gasteiger partial charge >= 0.3 is 0 Å². The van der Waals surface area contributed by atoms with E-state index in [1.165, 1.54) is 12.8 Å². The number of thiazole rings is 1. The highest BCUT2D eigenvalue weighted by Gasteiger charge is 2.37. The molecule has 3 rings (SSSR count). The van der Waals surface area contributed by atoms with Gasteiger partial charge in [0.2, 0.25) is 5.91 Å². The molecule has 1 aromatic rings. The van der Waals surface area contributed by atoms with Crippen LogP contribution in [0.15, 0.2) is 5.38 Å². The molecule has 1 aliphatic heterocycles. The topological polar surface area (TPSA) is 59.2 Å². The fourth-order valence-electron chi connectivity index (χ4n) is 1.59. The van der Waals surface area contributed by atoms with Crippen molar-refractivity contribution in [1.29, 1.82) is 0 Å². The van der Waals surface area contributed by atoms with Crippen LogP contribution in [0.5, 0.6) is 0 Å². The molecule has 2 heterocycles. The summed E-state index contributed by atoms with van der Waals surface area (Å²) >= 11 is 1.55. The maximum Gasteiger partial charge on any atom is 0.247 e. The number of aromatic nitrogens is 1. The van der Waals surface area contributed by atoms with Crippen molar-refractivity contribution in [2.24, 2.45) is 5.73 Å². The van der Waals surface area contributed by atoms with Gasteiger partial charge < -0.3 is 5.73 Å². The molecule has 0 radical (unpaired) electrons. The minimum atomic E-state index is -0.303. The van der Waals surface area contributed by atoms with Crippen molar-refractivity contribution in [2.45, 2.75) is 24.8 Å². The second-order valence-electron chi connectivity index (χ2n) is 3.88. The summed E-state index contributed by atoms with van der Waals surface area (Å²) in [7, 11) is 0. The van der Waals surface area contributed by atoms with Crippen molar-refractivity contribution in [1.82, 2.24) is 4.98 Å². The highest BCUT2D eigenvalue weighted by Crippen LogP contribution is 2.41. The number of β-lactam (4-membered cyclic amide) rings is 1. The summed E-state index contributed by atoms with van der Waals surface area (Å²) in [5, 5.41) is 2.88. The smallest absolute Gasteiger partial charge is 0.247 e. The summed E-state index contributed by atoms with van der Waals surface area (Å²) in [6, 6.07) is -0.303. The lowest BCUT2D eigenvalue weighted by atomic mass is 10.1. The highest BCUT2D eigenvalue weighted by atomic mass is 32.1. The van der Waals surface area contributed by atoms with Crippen LogP contribution in [0.25, 0.3) is 0 Å². The lowest BCUT2D eigenvalue weighted by molar-refractivity contribution is -0.123. The summed E-state index contributed by atoms with van der Waals surface area (Å²) in [6.07, 6.45) is 2.49. The van der Waals surface area contributed by atoms with Crippen molar-refractivity contribution >= 4 is 22.4 Å². The van der Waals surface area contributed by atoms with Crippen LogP contribution < -0.4 is 10.6 Å². The molecule has 2 N–H and O–H groups in total. The third kappa shape index (κ3) is 1.16. The first-order chi connectivity index (χ1) is 6.75. The molecule has 1 saturated carbocycles. The molecular formula is C9H11N3OS. The third-order valence-electron chi connectivity index (χ3n) is 2.70. The molecule has 1 atom stereocenters. The molecule has 1 unspecified atom stereocenters. The number of nitrogens with zero attached hydrogens (tertiary/aromatic N) is 2. The van der Waals surface area contributed by atoms with Crippen molar-refractivity contribution in [2.75, 3.05) is 11.4 Å². The first-order valence-electron chi connectivity index (χ1n) is 4.78. The van der Waals surface area contributed by atoms with Gasteiger partial charge in [0.15, 0.2) is 5.13 Å². The Morgan fingerprint density at radius 2 is 2.36 bits per heavy atom. The predicted molar refractivity (Wildman–Crippen MR) is 54.4 cm³/mol. The lowest BCUT2D eigenvalue weighted by Crippen LogP contribution is -2.61. The molecule has 0 aromatic carbocycles. The molecule has 1 amide bonds. The quantitative estimate of drug-likeness (QED) is 0.729. The van der Waals surface area contributed by atoms with Gasteiger partial charge in [-0.2, -0.15) is 0 Å². The Balaban J connectivity index is 1.80. The maximum absolute atomic E-state index is 11.3. The van der Waals surface area contributed by atoms with Gasteiger partial charge in [-0.25, -0.2) is 4.98 Å². The summed E-state index contributed by atoms with van der Waals surface area (Å²) in [4.78, 5) is 17.4. The van der Waals surface area contributed by atoms with Crippen molar-refractivity contribution in [3.05, 3.63) is 11.1 Å². The highest BCUT2D eigenvalue weighted by molar-refractivity contribution is 7.14. The Labute approximate surface area is 85.7 Å². The summed E-state index contributed by atoms with van der Waals surface area (Å²) in [5.74, 6) is 0.659. The Bertz CT molecular complexity index is 385. The first-order valence-corrected chi connectivity index (χ1v) is 5.66. The van der Waals surface area contributed by atoms with Crippen LogP contribution in [0.3, 0.4) is 0 Å². The van der Waals surface area contributed by atoms with Gasteiger partial charge in [0, 0.05) is 11.3 Å². The molecule has 0 spiro atoms. The van der Waals surface area contributed by atoms with Gasteiger partial charge in [-0.15, -0.1) is 11.3 Å². The summed E-state index contributed by atoms with van der Waals surface area (Å²) < 4.78 is 0. The van der Waals surface area contributed by atoms with E-state index in [9.17, 15) is 4.79 Å². The molecule has 0 bridgehead atoms. The van der Waals surface area contributed by atoms with Crippen molar-refractivity contribution in [3.63, 3.8) is 0 Å². The number of carbonyl (C=O) groups excluding carboxylic acids is 1. The standard InChI is InChI=1S/C9H11N3OS/c10-6-3-12(8(6)13)9-11-7(4-14-9)5-1-2-5/h4-6H,1-3,10H2. The van der Waals surface area contributed by atoms with E-state index in [0.29, 0.717) is 12.5 Å². The molecule has 2 fully saturated rings. The van der Waals surface area contributed by atoms with Crippen LogP contribution in [0.1, 0.15) is 24.5 Å². The number of amides is 1. The molecule has 1 saturated heterocycles. The van der Waals surface area contributed by atoms with Crippen LogP contribution in [-0.4, -0.2) is 23.5 Å². The van der Waals surface area contributed by atoms with Gasteiger partial charge in [-0.3, -0.25) is 9.69 Å². The maximum atomic E-state index is 11.3. The number of hydrogen-bond acceptors (Lipinski definition) is 4. The van der Waals surface area contributed by atoms with E-state index < -0.39 is 0 Å². The Morgan fingerprint density at radius 1 is 1.57 bits per heavy atom. The second kappa shape index (κ2) is 2.77. The SMILES string of the molecule is NC1CN(c2nc(C3CC3)cs2)C1=O. The normalized spacial score (nSPS) is 26.5. The molecule has 5 heteroatoms. The predicted octanol–water partition coefficient (Wildman–Crippen LogP) is 0.694. The van der Waals surface area contributed by atoms with Gasteiger partial charge in [-0.1, -0.05) is 0 Å². The number of anilines is 1. The second-order valence-corrected chi connectivity index (χ2v) is 4.72. The van der Waals surface area contributed by atoms with E-state index in [1.807, 2.05) is 0 Å². The number of rotatable bonds is 2. The van der Waals surface area contributed by atoms with Crippen LogP contribution in [0.4, 0.5) is 5.13 Å². The van der Waals surface area contributed by atoms with Gasteiger partial charge in [0.05, 0.1) is 12.2 Å². The number of carbonyl (C=O) groups is 1. The molecule has 1 aliphatic carbocycles. The van der Waals surface area contributed by atoms with E-state index in [-0.39, 0.29) is 11.9 Å². The molecule has 14 heavy (non-hydrogen) atoms. The van der Waals surface area contributed by atoms with E-state index in [1.54, 1.807) is 16.2 Å². The largest absolute Gasteiger partial charge is 0.318 e. The van der Waals surface area contributed by atoms with E-state index in [0.717, 1.165) is 10.8 Å². The Morgan fingerprint density at radius 3 is 2.93 bits per heavy atom. The number of hydrogen-bond donors (Lipinski definition) is 1. The van der Waals surface area contributed by atoms with E-state index >= 15 is 0 Å². The Kier molecular flexibility index (Phi) is 1.66. The summed E-state index contributed by atoms with van der Waals surface area (Å²) in [6.45, 7) is 0.621. The third-order valence-corrected chi connectivity index (χ3v) is 3.58. The lowest BCUT2D eigenvalue weighted by Gasteiger charge is -2.33. The summed E-state index contributed by atoms with van der Waals surface area (Å²) in [5.41, 5.74) is 6.67. The van der Waals surface area contributed by atoms with Crippen LogP contribution in [0.2, 0.25) is 0 Å². The van der Waals surface area contributed by atoms with E-state index in [2.05, 4.69) is 10.4 Å². The zero-order valence-electron chi connectivity index (χ0n) is 7.64. The van der Waals surface area contributed by atoms with Crippen molar-refractivity contribution in [3.8, 4) is 0 Å². The van der Waals surface area contributed by atoms with E-state index in [4.69, 9.17) is 5.73 Å². The minimum absolute atomic E-state index is 0.00157. The van der Waals surface area contributed by atoms with Gasteiger partial charge in [0.25, 0.3) is 0 Å². The van der Waals surface area contributed by atoms with Gasteiger partial charge in [-0.05, 0) is 12.8 Å². The van der Waals surface area contributed by atoms with Crippen LogP contribution in [0, 0.1) is 0 Å². The van der Waals surface area contributed by atoms with Crippen LogP contribution in [-0.2, 0) is 4.79 Å². The Hall–Kier alpha value is -0.940. The molecule has 1 aromatic heterocycles. The first kappa shape index (κ1) is 8.38. The zero-order chi connectivity index (χ0) is 9.71. The molecular weight excluding hydrogens is 198 g/mol. The minimum Gasteiger partial charge on any atom is -0.318 e. The zero-order valence-corrected chi connectivity index (χ0v) is 8.46. The molecule has 4 nitrogen and oxygen atoms in total. The molecule has 74 valence electrons. The number of nitrogens with two attached hydrogens (primary N) is 1. The fraction of sp³-hybridized carbons (Fsp3) is 0.556. The van der Waals surface area contributed by atoms with Crippen LogP contribution >= 0.6 is 11.3 Å².